The lowest BCUT2D eigenvalue weighted by Crippen LogP contribution is -2.45. The predicted molar refractivity (Wildman–Crippen MR) is 247 cm³/mol. The lowest BCUT2D eigenvalue weighted by Gasteiger charge is -2.29. The van der Waals surface area contributed by atoms with Crippen LogP contribution in [-0.2, 0) is 18.4 Å². The van der Waals surface area contributed by atoms with E-state index in [-0.39, 0.29) is 12.5 Å². The third kappa shape index (κ3) is 42.8. The summed E-state index contributed by atoms with van der Waals surface area (Å²) in [6, 6.07) is -0.905. The largest absolute Gasteiger partial charge is 0.756 e. The first kappa shape index (κ1) is 56.7. The van der Waals surface area contributed by atoms with Crippen LogP contribution in [0.2, 0.25) is 0 Å². The topological polar surface area (TPSA) is 108 Å². The van der Waals surface area contributed by atoms with Crippen molar-refractivity contribution in [3.05, 3.63) is 36.5 Å². The Balaban J connectivity index is 4.36. The molecule has 0 heterocycles. The Morgan fingerprint density at radius 3 is 1.40 bits per heavy atom. The van der Waals surface area contributed by atoms with Crippen molar-refractivity contribution in [1.29, 1.82) is 0 Å². The van der Waals surface area contributed by atoms with Crippen LogP contribution >= 0.6 is 7.82 Å². The number of rotatable bonds is 44. The van der Waals surface area contributed by atoms with Gasteiger partial charge in [0, 0.05) is 6.42 Å². The Kier molecular flexibility index (Phi) is 40.2. The second kappa shape index (κ2) is 41.1. The number of carbonyl (C=O) groups excluding carboxylic acids is 1. The predicted octanol–water partition coefficient (Wildman–Crippen LogP) is 13.2. The van der Waals surface area contributed by atoms with Crippen LogP contribution in [0.5, 0.6) is 0 Å². The lowest BCUT2D eigenvalue weighted by molar-refractivity contribution is -0.870. The lowest BCUT2D eigenvalue weighted by atomic mass is 10.0. The van der Waals surface area contributed by atoms with Crippen molar-refractivity contribution in [2.24, 2.45) is 0 Å². The molecule has 0 radical (unpaired) electrons. The molecule has 58 heavy (non-hydrogen) atoms. The van der Waals surface area contributed by atoms with Gasteiger partial charge in [-0.15, -0.1) is 0 Å². The van der Waals surface area contributed by atoms with Crippen molar-refractivity contribution in [3.63, 3.8) is 0 Å². The van der Waals surface area contributed by atoms with Crippen LogP contribution in [0.4, 0.5) is 0 Å². The van der Waals surface area contributed by atoms with Crippen LogP contribution in [0.3, 0.4) is 0 Å². The number of carbonyl (C=O) groups is 1. The van der Waals surface area contributed by atoms with E-state index in [2.05, 4.69) is 43.5 Å². The molecule has 0 aliphatic carbocycles. The van der Waals surface area contributed by atoms with Gasteiger partial charge in [0.05, 0.1) is 39.9 Å². The Labute approximate surface area is 359 Å². The van der Waals surface area contributed by atoms with Gasteiger partial charge in [-0.1, -0.05) is 204 Å². The molecular formula is C49H95N2O6P. The summed E-state index contributed by atoms with van der Waals surface area (Å²) in [4.78, 5) is 25.3. The number of hydrogen-bond donors (Lipinski definition) is 2. The molecule has 342 valence electrons. The molecule has 9 heteroatoms. The number of hydrogen-bond acceptors (Lipinski definition) is 6. The second-order valence-electron chi connectivity index (χ2n) is 17.8. The summed E-state index contributed by atoms with van der Waals surface area (Å²) in [5.74, 6) is -0.212. The maximum Gasteiger partial charge on any atom is 0.268 e. The zero-order valence-corrected chi connectivity index (χ0v) is 39.6. The standard InChI is InChI=1S/C49H95N2O6P/c1-6-8-10-12-14-16-18-20-21-22-23-24-25-26-27-28-29-30-31-32-34-36-38-40-42-48(52)47(46-57-58(54,55)56-45-44-51(3,4)5)50-49(53)43-41-39-37-35-33-19-17-15-13-11-9-7-2/h28-29,32,34,40,42,47-48,52H,6-27,30-31,33,35-39,41,43-46H2,1-5H3,(H-,50,53,54,55)/b29-28+,34-32+,42-40+. The number of allylic oxidation sites excluding steroid dienone is 5. The zero-order chi connectivity index (χ0) is 42.8. The Hall–Kier alpha value is -1.28. The maximum absolute atomic E-state index is 12.8. The summed E-state index contributed by atoms with van der Waals surface area (Å²) in [5.41, 5.74) is 0. The normalized spacial score (nSPS) is 14.5. The van der Waals surface area contributed by atoms with E-state index >= 15 is 0 Å². The third-order valence-electron chi connectivity index (χ3n) is 10.8. The van der Waals surface area contributed by atoms with Crippen molar-refractivity contribution >= 4 is 13.7 Å². The number of likely N-dealkylation sites (N-methyl/N-ethyl adjacent to an activating group) is 1. The SMILES string of the molecule is CCCCCCCCCCCCCCCC/C=C/CC/C=C/CC/C=C/C(O)C(COP(=O)([O-])OCC[N+](C)(C)C)NC(=O)CCCCCCCCCCCCCC. The van der Waals surface area contributed by atoms with E-state index in [0.717, 1.165) is 44.9 Å². The second-order valence-corrected chi connectivity index (χ2v) is 19.2. The molecule has 0 saturated carbocycles. The number of unbranched alkanes of at least 4 members (excludes halogenated alkanes) is 27. The molecule has 3 atom stereocenters. The van der Waals surface area contributed by atoms with Crippen molar-refractivity contribution < 1.29 is 32.9 Å². The number of amides is 1. The van der Waals surface area contributed by atoms with E-state index < -0.39 is 26.6 Å². The van der Waals surface area contributed by atoms with Gasteiger partial charge in [-0.2, -0.15) is 0 Å². The fourth-order valence-corrected chi connectivity index (χ4v) is 7.67. The van der Waals surface area contributed by atoms with Gasteiger partial charge in [-0.25, -0.2) is 0 Å². The zero-order valence-electron chi connectivity index (χ0n) is 38.8. The van der Waals surface area contributed by atoms with Gasteiger partial charge in [-0.3, -0.25) is 9.36 Å². The van der Waals surface area contributed by atoms with E-state index in [1.807, 2.05) is 27.2 Å². The molecule has 0 aromatic rings. The van der Waals surface area contributed by atoms with Crippen LogP contribution in [0.15, 0.2) is 36.5 Å². The quantitative estimate of drug-likeness (QED) is 0.0274. The molecule has 0 rings (SSSR count). The molecule has 0 fully saturated rings. The summed E-state index contributed by atoms with van der Waals surface area (Å²) in [6.45, 7) is 4.62. The van der Waals surface area contributed by atoms with Gasteiger partial charge in [0.25, 0.3) is 7.82 Å². The van der Waals surface area contributed by atoms with Gasteiger partial charge in [0.1, 0.15) is 13.2 Å². The van der Waals surface area contributed by atoms with Crippen LogP contribution in [0.1, 0.15) is 219 Å². The highest BCUT2D eigenvalue weighted by molar-refractivity contribution is 7.45. The van der Waals surface area contributed by atoms with Crippen molar-refractivity contribution in [2.45, 2.75) is 231 Å². The molecule has 0 spiro atoms. The Morgan fingerprint density at radius 1 is 0.586 bits per heavy atom. The maximum atomic E-state index is 12.8. The van der Waals surface area contributed by atoms with Crippen LogP contribution in [-0.4, -0.2) is 68.5 Å². The van der Waals surface area contributed by atoms with Gasteiger partial charge in [0.2, 0.25) is 5.91 Å². The van der Waals surface area contributed by atoms with Gasteiger partial charge < -0.3 is 28.8 Å². The molecule has 1 amide bonds. The number of nitrogens with one attached hydrogen (secondary N) is 1. The molecule has 0 aromatic heterocycles. The van der Waals surface area contributed by atoms with Crippen LogP contribution in [0, 0.1) is 0 Å². The first-order valence-electron chi connectivity index (χ1n) is 24.4. The minimum Gasteiger partial charge on any atom is -0.756 e. The summed E-state index contributed by atoms with van der Waals surface area (Å²) in [5, 5.41) is 13.8. The van der Waals surface area contributed by atoms with Crippen molar-refractivity contribution in [2.75, 3.05) is 40.9 Å². The highest BCUT2D eigenvalue weighted by Crippen LogP contribution is 2.38. The highest BCUT2D eigenvalue weighted by atomic mass is 31.2. The first-order chi connectivity index (χ1) is 28.0. The van der Waals surface area contributed by atoms with Gasteiger partial charge in [-0.05, 0) is 44.9 Å². The first-order valence-corrected chi connectivity index (χ1v) is 25.8. The van der Waals surface area contributed by atoms with Gasteiger partial charge >= 0.3 is 0 Å². The van der Waals surface area contributed by atoms with E-state index in [9.17, 15) is 19.4 Å². The number of phosphoric acid groups is 1. The number of aliphatic hydroxyl groups is 1. The summed E-state index contributed by atoms with van der Waals surface area (Å²) in [6.07, 6.45) is 50.7. The molecule has 8 nitrogen and oxygen atoms in total. The fraction of sp³-hybridized carbons (Fsp3) is 0.857. The number of nitrogens with zero attached hydrogens (tertiary/aromatic N) is 1. The Morgan fingerprint density at radius 2 is 0.966 bits per heavy atom. The molecule has 0 aromatic carbocycles. The Bertz CT molecular complexity index is 1040. The molecule has 0 bridgehead atoms. The summed E-state index contributed by atoms with van der Waals surface area (Å²) >= 11 is 0. The van der Waals surface area contributed by atoms with E-state index in [1.54, 1.807) is 6.08 Å². The minimum absolute atomic E-state index is 0.00788. The minimum atomic E-state index is -4.60. The molecule has 0 saturated heterocycles. The van der Waals surface area contributed by atoms with E-state index in [0.29, 0.717) is 17.4 Å². The molecule has 2 N–H and O–H groups in total. The molecule has 0 aliphatic rings. The summed E-state index contributed by atoms with van der Waals surface area (Å²) in [7, 11) is 1.24. The monoisotopic (exact) mass is 839 g/mol. The number of aliphatic hydroxyl groups excluding tert-OH is 1. The van der Waals surface area contributed by atoms with E-state index in [4.69, 9.17) is 9.05 Å². The summed E-state index contributed by atoms with van der Waals surface area (Å²) < 4.78 is 23.2. The highest BCUT2D eigenvalue weighted by Gasteiger charge is 2.23. The van der Waals surface area contributed by atoms with Crippen molar-refractivity contribution in [3.8, 4) is 0 Å². The molecular weight excluding hydrogens is 744 g/mol. The fourth-order valence-electron chi connectivity index (χ4n) is 6.95. The smallest absolute Gasteiger partial charge is 0.268 e. The third-order valence-corrected chi connectivity index (χ3v) is 11.8. The van der Waals surface area contributed by atoms with Crippen molar-refractivity contribution in [1.82, 2.24) is 5.32 Å². The average Bonchev–Trinajstić information content (AvgIpc) is 3.17. The van der Waals surface area contributed by atoms with Crippen LogP contribution < -0.4 is 10.2 Å². The number of phosphoric ester groups is 1. The molecule has 3 unspecified atom stereocenters. The molecule has 0 aliphatic heterocycles. The average molecular weight is 839 g/mol. The van der Waals surface area contributed by atoms with Gasteiger partial charge in [0.15, 0.2) is 0 Å². The number of quaternary nitrogens is 1. The van der Waals surface area contributed by atoms with E-state index in [1.165, 1.54) is 154 Å². The van der Waals surface area contributed by atoms with Crippen LogP contribution in [0.25, 0.3) is 0 Å².